The quantitative estimate of drug-likeness (QED) is 0.614. The van der Waals surface area contributed by atoms with E-state index < -0.39 is 0 Å². The van der Waals surface area contributed by atoms with Crippen molar-refractivity contribution in [3.63, 3.8) is 0 Å². The Hall–Kier alpha value is -3.15. The number of fused-ring (bicyclic) bond motifs is 1. The summed E-state index contributed by atoms with van der Waals surface area (Å²) in [5.74, 6) is 0.254. The maximum Gasteiger partial charge on any atom is 0.222 e. The first-order chi connectivity index (χ1) is 10.7. The Morgan fingerprint density at radius 3 is 2.86 bits per heavy atom. The molecule has 0 aliphatic rings. The molecule has 0 aliphatic carbocycles. The van der Waals surface area contributed by atoms with Crippen LogP contribution in [0.3, 0.4) is 0 Å². The number of nitrogens with two attached hydrogens (primary N) is 1. The average Bonchev–Trinajstić information content (AvgIpc) is 3.15. The zero-order valence-corrected chi connectivity index (χ0v) is 11.9. The minimum absolute atomic E-state index is 0.254. The van der Waals surface area contributed by atoms with Crippen molar-refractivity contribution in [2.75, 3.05) is 5.73 Å². The largest absolute Gasteiger partial charge is 0.368 e. The fourth-order valence-corrected chi connectivity index (χ4v) is 2.52. The van der Waals surface area contributed by atoms with E-state index in [4.69, 9.17) is 10.3 Å². The molecular weight excluding hydrogens is 278 g/mol. The molecule has 1 aromatic carbocycles. The predicted octanol–water partition coefficient (Wildman–Crippen LogP) is 2.94. The molecule has 0 radical (unpaired) electrons. The maximum absolute atomic E-state index is 5.59. The minimum Gasteiger partial charge on any atom is -0.368 e. The summed E-state index contributed by atoms with van der Waals surface area (Å²) >= 11 is 0. The van der Waals surface area contributed by atoms with E-state index in [1.165, 1.54) is 5.56 Å². The van der Waals surface area contributed by atoms with Gasteiger partial charge in [-0.1, -0.05) is 28.9 Å². The molecule has 0 saturated heterocycles. The van der Waals surface area contributed by atoms with Crippen molar-refractivity contribution in [1.82, 2.24) is 19.5 Å². The predicted molar refractivity (Wildman–Crippen MR) is 83.1 cm³/mol. The second kappa shape index (κ2) is 4.70. The van der Waals surface area contributed by atoms with Gasteiger partial charge in [0.1, 0.15) is 11.4 Å². The highest BCUT2D eigenvalue weighted by Crippen LogP contribution is 2.27. The van der Waals surface area contributed by atoms with Gasteiger partial charge in [-0.05, 0) is 13.0 Å². The number of nitrogens with zero attached hydrogens (tertiary/aromatic N) is 4. The lowest BCUT2D eigenvalue weighted by atomic mass is 10.1. The van der Waals surface area contributed by atoms with E-state index in [1.807, 2.05) is 22.9 Å². The summed E-state index contributed by atoms with van der Waals surface area (Å²) < 4.78 is 6.91. The van der Waals surface area contributed by atoms with E-state index in [0.717, 1.165) is 11.3 Å². The molecule has 4 rings (SSSR count). The lowest BCUT2D eigenvalue weighted by molar-refractivity contribution is 0.439. The molecule has 4 aromatic rings. The van der Waals surface area contributed by atoms with Crippen molar-refractivity contribution in [1.29, 1.82) is 0 Å². The zero-order valence-electron chi connectivity index (χ0n) is 11.9. The van der Waals surface area contributed by atoms with Crippen LogP contribution in [0, 0.1) is 6.92 Å². The maximum atomic E-state index is 5.59. The highest BCUT2D eigenvalue weighted by Gasteiger charge is 2.14. The zero-order chi connectivity index (χ0) is 15.1. The Morgan fingerprint density at radius 1 is 1.18 bits per heavy atom. The summed E-state index contributed by atoms with van der Waals surface area (Å²) in [7, 11) is 0. The molecule has 6 heteroatoms. The molecule has 0 spiro atoms. The van der Waals surface area contributed by atoms with Gasteiger partial charge in [0.25, 0.3) is 0 Å². The number of anilines is 1. The number of hydrogen-bond acceptors (Lipinski definition) is 5. The van der Waals surface area contributed by atoms with Gasteiger partial charge in [-0.25, -0.2) is 9.97 Å². The van der Waals surface area contributed by atoms with Crippen molar-refractivity contribution in [2.45, 2.75) is 6.92 Å². The van der Waals surface area contributed by atoms with Crippen LogP contribution in [0.1, 0.15) is 5.56 Å². The molecule has 3 heterocycles. The first kappa shape index (κ1) is 12.6. The summed E-state index contributed by atoms with van der Waals surface area (Å²) in [6, 6.07) is 9.90. The second-order valence-corrected chi connectivity index (χ2v) is 5.10. The summed E-state index contributed by atoms with van der Waals surface area (Å²) in [6.45, 7) is 2.06. The summed E-state index contributed by atoms with van der Waals surface area (Å²) in [4.78, 5) is 8.90. The fourth-order valence-electron chi connectivity index (χ4n) is 2.52. The van der Waals surface area contributed by atoms with Gasteiger partial charge in [-0.3, -0.25) is 4.40 Å². The second-order valence-electron chi connectivity index (χ2n) is 5.10. The van der Waals surface area contributed by atoms with Crippen molar-refractivity contribution in [2.24, 2.45) is 0 Å². The van der Waals surface area contributed by atoms with Crippen LogP contribution in [0.25, 0.3) is 28.3 Å². The van der Waals surface area contributed by atoms with Gasteiger partial charge >= 0.3 is 0 Å². The molecule has 0 unspecified atom stereocenters. The number of aromatic nitrogens is 4. The smallest absolute Gasteiger partial charge is 0.222 e. The Bertz CT molecular complexity index is 970. The molecule has 0 fully saturated rings. The number of benzene rings is 1. The Morgan fingerprint density at radius 2 is 2.09 bits per heavy atom. The molecular formula is C16H13N5O. The monoisotopic (exact) mass is 291 g/mol. The van der Waals surface area contributed by atoms with E-state index in [2.05, 4.69) is 40.2 Å². The number of nitrogen functional groups attached to an aromatic ring is 1. The van der Waals surface area contributed by atoms with Crippen molar-refractivity contribution >= 4 is 11.5 Å². The van der Waals surface area contributed by atoms with Crippen molar-refractivity contribution in [3.05, 3.63) is 54.5 Å². The van der Waals surface area contributed by atoms with Gasteiger partial charge in [0, 0.05) is 24.0 Å². The molecule has 3 aromatic heterocycles. The third-order valence-corrected chi connectivity index (χ3v) is 3.51. The Labute approximate surface area is 126 Å². The molecule has 2 N–H and O–H groups in total. The average molecular weight is 291 g/mol. The van der Waals surface area contributed by atoms with Crippen LogP contribution in [-0.4, -0.2) is 19.5 Å². The van der Waals surface area contributed by atoms with Gasteiger partial charge in [0.2, 0.25) is 5.88 Å². The highest BCUT2D eigenvalue weighted by atomic mass is 16.5. The number of aryl methyl sites for hydroxylation is 1. The normalized spacial score (nSPS) is 11.1. The minimum atomic E-state index is 0.254. The Balaban J connectivity index is 1.95. The first-order valence-electron chi connectivity index (χ1n) is 6.84. The highest BCUT2D eigenvalue weighted by molar-refractivity contribution is 5.75. The summed E-state index contributed by atoms with van der Waals surface area (Å²) in [5.41, 5.74) is 10.8. The van der Waals surface area contributed by atoms with E-state index >= 15 is 0 Å². The lowest BCUT2D eigenvalue weighted by Gasteiger charge is -2.08. The van der Waals surface area contributed by atoms with Crippen LogP contribution in [0.4, 0.5) is 5.88 Å². The molecule has 0 saturated carbocycles. The molecule has 0 bridgehead atoms. The topological polar surface area (TPSA) is 82.2 Å². The standard InChI is InChI=1S/C16H13N5O/c1-10-3-2-4-11(7-10)13-9-19-15(12-8-14(17)22-20-12)16-18-5-6-21(13)16/h2-9H,17H2,1H3. The molecule has 108 valence electrons. The van der Waals surface area contributed by atoms with Crippen LogP contribution in [0.2, 0.25) is 0 Å². The van der Waals surface area contributed by atoms with Crippen molar-refractivity contribution < 1.29 is 4.52 Å². The van der Waals surface area contributed by atoms with E-state index in [1.54, 1.807) is 12.3 Å². The molecule has 6 nitrogen and oxygen atoms in total. The SMILES string of the molecule is Cc1cccc(-c2cnc(-c3cc(N)on3)c3nccn23)c1. The third-order valence-electron chi connectivity index (χ3n) is 3.51. The van der Waals surface area contributed by atoms with E-state index in [0.29, 0.717) is 17.0 Å². The summed E-state index contributed by atoms with van der Waals surface area (Å²) in [6.07, 6.45) is 5.45. The van der Waals surface area contributed by atoms with Gasteiger partial charge in [0.15, 0.2) is 5.65 Å². The van der Waals surface area contributed by atoms with Gasteiger partial charge in [0.05, 0.1) is 11.9 Å². The van der Waals surface area contributed by atoms with Gasteiger partial charge in [-0.2, -0.15) is 0 Å². The molecule has 0 amide bonds. The lowest BCUT2D eigenvalue weighted by Crippen LogP contribution is -1.97. The van der Waals surface area contributed by atoms with E-state index in [-0.39, 0.29) is 5.88 Å². The van der Waals surface area contributed by atoms with E-state index in [9.17, 15) is 0 Å². The molecule has 0 aliphatic heterocycles. The van der Waals surface area contributed by atoms with Crippen LogP contribution in [0.5, 0.6) is 0 Å². The van der Waals surface area contributed by atoms with Crippen LogP contribution >= 0.6 is 0 Å². The first-order valence-corrected chi connectivity index (χ1v) is 6.84. The fraction of sp³-hybridized carbons (Fsp3) is 0.0625. The van der Waals surface area contributed by atoms with Gasteiger partial charge in [-0.15, -0.1) is 0 Å². The van der Waals surface area contributed by atoms with Crippen LogP contribution in [0.15, 0.2) is 53.4 Å². The molecule has 22 heavy (non-hydrogen) atoms. The third kappa shape index (κ3) is 1.93. The Kier molecular flexibility index (Phi) is 2.69. The van der Waals surface area contributed by atoms with Crippen molar-refractivity contribution in [3.8, 4) is 22.6 Å². The van der Waals surface area contributed by atoms with Gasteiger partial charge < -0.3 is 10.3 Å². The molecule has 0 atom stereocenters. The summed E-state index contributed by atoms with van der Waals surface area (Å²) in [5, 5.41) is 3.92. The van der Waals surface area contributed by atoms with Crippen LogP contribution < -0.4 is 5.73 Å². The number of rotatable bonds is 2. The van der Waals surface area contributed by atoms with Crippen LogP contribution in [-0.2, 0) is 0 Å². The number of hydrogen-bond donors (Lipinski definition) is 1. The number of imidazole rings is 1.